The molecule has 1 unspecified atom stereocenters. The monoisotopic (exact) mass is 311 g/mol. The van der Waals surface area contributed by atoms with Gasteiger partial charge in [-0.3, -0.25) is 10.1 Å². The van der Waals surface area contributed by atoms with Crippen molar-refractivity contribution in [3.8, 4) is 0 Å². The number of hydrogen-bond donors (Lipinski definition) is 2. The molecular weight excluding hydrogens is 298 g/mol. The van der Waals surface area contributed by atoms with Crippen molar-refractivity contribution in [3.63, 3.8) is 0 Å². The van der Waals surface area contributed by atoms with Crippen molar-refractivity contribution < 1.29 is 4.79 Å². The van der Waals surface area contributed by atoms with Crippen molar-refractivity contribution in [1.82, 2.24) is 5.32 Å². The van der Waals surface area contributed by atoms with Crippen molar-refractivity contribution >= 4 is 21.8 Å². The molecule has 0 aliphatic carbocycles. The zero-order chi connectivity index (χ0) is 13.6. The summed E-state index contributed by atoms with van der Waals surface area (Å²) in [6.07, 6.45) is 0. The van der Waals surface area contributed by atoms with Gasteiger partial charge in [0.25, 0.3) is 0 Å². The van der Waals surface area contributed by atoms with E-state index in [-0.39, 0.29) is 6.54 Å². The van der Waals surface area contributed by atoms with E-state index in [0.29, 0.717) is 6.54 Å². The maximum absolute atomic E-state index is 11.6. The number of rotatable bonds is 6. The Bertz CT molecular complexity index is 486. The van der Waals surface area contributed by atoms with E-state index in [4.69, 9.17) is 11.3 Å². The number of azide groups is 1. The first kappa shape index (κ1) is 14.5. The lowest BCUT2D eigenvalue weighted by atomic mass is 9.91. The molecule has 0 radical (unpaired) electrons. The molecule has 1 rings (SSSR count). The molecule has 0 aliphatic heterocycles. The summed E-state index contributed by atoms with van der Waals surface area (Å²) in [6, 6.07) is 7.34. The van der Waals surface area contributed by atoms with Gasteiger partial charge in [-0.1, -0.05) is 33.2 Å². The van der Waals surface area contributed by atoms with Crippen LogP contribution in [0.5, 0.6) is 0 Å². The summed E-state index contributed by atoms with van der Waals surface area (Å²) in [7, 11) is 0. The summed E-state index contributed by atoms with van der Waals surface area (Å²) in [6.45, 7) is 2.33. The summed E-state index contributed by atoms with van der Waals surface area (Å²) >= 11 is 3.35. The molecule has 1 amide bonds. The van der Waals surface area contributed by atoms with E-state index < -0.39 is 11.4 Å². The molecule has 0 spiro atoms. The van der Waals surface area contributed by atoms with Gasteiger partial charge in [-0.15, -0.1) is 0 Å². The van der Waals surface area contributed by atoms with Gasteiger partial charge in [-0.05, 0) is 30.2 Å². The summed E-state index contributed by atoms with van der Waals surface area (Å²) in [4.78, 5) is 14.3. The van der Waals surface area contributed by atoms with Crippen LogP contribution in [0.3, 0.4) is 0 Å². The number of hydrogen-bond acceptors (Lipinski definition) is 3. The Kier molecular flexibility index (Phi) is 5.15. The van der Waals surface area contributed by atoms with E-state index in [2.05, 4.69) is 31.3 Å². The number of carbonyl (C=O) groups excluding carboxylic acids is 1. The van der Waals surface area contributed by atoms with Gasteiger partial charge in [0, 0.05) is 22.5 Å². The predicted molar refractivity (Wildman–Crippen MR) is 72.7 cm³/mol. The van der Waals surface area contributed by atoms with Crippen LogP contribution in [0, 0.1) is 0 Å². The number of carbonyl (C=O) groups is 1. The number of primary amides is 1. The van der Waals surface area contributed by atoms with E-state index in [1.807, 2.05) is 24.3 Å². The quantitative estimate of drug-likeness (QED) is 0.363. The third-order valence-corrected chi connectivity index (χ3v) is 3.14. The highest BCUT2D eigenvalue weighted by Gasteiger charge is 2.32. The molecule has 0 saturated carbocycles. The lowest BCUT2D eigenvalue weighted by molar-refractivity contribution is -0.124. The fourth-order valence-corrected chi connectivity index (χ4v) is 1.93. The number of nitrogens with two attached hydrogens (primary N) is 1. The second kappa shape index (κ2) is 6.39. The van der Waals surface area contributed by atoms with Gasteiger partial charge in [0.15, 0.2) is 0 Å². The Balaban J connectivity index is 2.93. The first-order chi connectivity index (χ1) is 8.50. The summed E-state index contributed by atoms with van der Waals surface area (Å²) in [5, 5.41) is 6.42. The van der Waals surface area contributed by atoms with Crippen molar-refractivity contribution in [1.29, 1.82) is 0 Å². The fraction of sp³-hybridized carbons (Fsp3) is 0.364. The molecule has 0 saturated heterocycles. The zero-order valence-electron chi connectivity index (χ0n) is 9.93. The van der Waals surface area contributed by atoms with Crippen LogP contribution < -0.4 is 11.1 Å². The van der Waals surface area contributed by atoms with Crippen molar-refractivity contribution in [2.24, 2.45) is 10.8 Å². The lowest BCUT2D eigenvalue weighted by Crippen LogP contribution is -2.51. The van der Waals surface area contributed by atoms with E-state index in [1.165, 1.54) is 0 Å². The Morgan fingerprint density at radius 2 is 2.39 bits per heavy atom. The van der Waals surface area contributed by atoms with E-state index in [1.54, 1.807) is 6.92 Å². The maximum Gasteiger partial charge on any atom is 0.242 e. The van der Waals surface area contributed by atoms with Crippen LogP contribution >= 0.6 is 15.9 Å². The highest BCUT2D eigenvalue weighted by Crippen LogP contribution is 2.23. The Morgan fingerprint density at radius 3 is 2.94 bits per heavy atom. The van der Waals surface area contributed by atoms with Gasteiger partial charge in [0.05, 0.1) is 0 Å². The highest BCUT2D eigenvalue weighted by atomic mass is 79.9. The first-order valence-corrected chi connectivity index (χ1v) is 6.12. The molecule has 0 aliphatic rings. The Morgan fingerprint density at radius 1 is 1.67 bits per heavy atom. The first-order valence-electron chi connectivity index (χ1n) is 5.32. The molecule has 18 heavy (non-hydrogen) atoms. The van der Waals surface area contributed by atoms with Crippen LogP contribution in [0.15, 0.2) is 33.9 Å². The lowest BCUT2D eigenvalue weighted by Gasteiger charge is -2.28. The SMILES string of the molecule is CC(NCCN=[N+]=[N-])(C(N)=O)c1cccc(Br)c1. The molecule has 96 valence electrons. The molecular formula is C11H14BrN5O. The minimum absolute atomic E-state index is 0.257. The van der Waals surface area contributed by atoms with Crippen LogP contribution in [0.1, 0.15) is 12.5 Å². The van der Waals surface area contributed by atoms with Gasteiger partial charge in [-0.2, -0.15) is 0 Å². The number of benzene rings is 1. The van der Waals surface area contributed by atoms with Gasteiger partial charge in [0.2, 0.25) is 5.91 Å². The number of amides is 1. The molecule has 0 heterocycles. The Labute approximate surface area is 113 Å². The molecule has 0 fully saturated rings. The van der Waals surface area contributed by atoms with Crippen LogP contribution in [0.2, 0.25) is 0 Å². The van der Waals surface area contributed by atoms with Crippen molar-refractivity contribution in [3.05, 3.63) is 44.7 Å². The molecule has 7 heteroatoms. The van der Waals surface area contributed by atoms with E-state index in [0.717, 1.165) is 10.0 Å². The smallest absolute Gasteiger partial charge is 0.242 e. The zero-order valence-corrected chi connectivity index (χ0v) is 11.5. The molecule has 0 aromatic heterocycles. The second-order valence-corrected chi connectivity index (χ2v) is 4.80. The minimum Gasteiger partial charge on any atom is -0.368 e. The highest BCUT2D eigenvalue weighted by molar-refractivity contribution is 9.10. The topological polar surface area (TPSA) is 104 Å². The average molecular weight is 312 g/mol. The van der Waals surface area contributed by atoms with Gasteiger partial charge >= 0.3 is 0 Å². The second-order valence-electron chi connectivity index (χ2n) is 3.88. The molecule has 1 atom stereocenters. The Hall–Kier alpha value is -1.56. The van der Waals surface area contributed by atoms with Crippen LogP contribution in [0.4, 0.5) is 0 Å². The molecule has 1 aromatic rings. The van der Waals surface area contributed by atoms with E-state index >= 15 is 0 Å². The van der Waals surface area contributed by atoms with Crippen LogP contribution in [-0.4, -0.2) is 19.0 Å². The van der Waals surface area contributed by atoms with Crippen LogP contribution in [-0.2, 0) is 10.3 Å². The predicted octanol–water partition coefficient (Wildman–Crippen LogP) is 2.05. The van der Waals surface area contributed by atoms with E-state index in [9.17, 15) is 4.79 Å². The van der Waals surface area contributed by atoms with Gasteiger partial charge < -0.3 is 5.73 Å². The third kappa shape index (κ3) is 3.46. The average Bonchev–Trinajstić information content (AvgIpc) is 2.34. The van der Waals surface area contributed by atoms with Crippen LogP contribution in [0.25, 0.3) is 10.4 Å². The number of nitrogens with one attached hydrogen (secondary N) is 1. The third-order valence-electron chi connectivity index (χ3n) is 2.65. The molecule has 6 nitrogen and oxygen atoms in total. The number of nitrogens with zero attached hydrogens (tertiary/aromatic N) is 3. The summed E-state index contributed by atoms with van der Waals surface area (Å²) in [5.41, 5.74) is 13.4. The maximum atomic E-state index is 11.6. The largest absolute Gasteiger partial charge is 0.368 e. The molecule has 1 aromatic carbocycles. The molecule has 0 bridgehead atoms. The van der Waals surface area contributed by atoms with Gasteiger partial charge in [0.1, 0.15) is 5.54 Å². The van der Waals surface area contributed by atoms with Crippen molar-refractivity contribution in [2.45, 2.75) is 12.5 Å². The fourth-order valence-electron chi connectivity index (χ4n) is 1.53. The summed E-state index contributed by atoms with van der Waals surface area (Å²) in [5.74, 6) is -0.485. The summed E-state index contributed by atoms with van der Waals surface area (Å²) < 4.78 is 0.865. The van der Waals surface area contributed by atoms with Crippen molar-refractivity contribution in [2.75, 3.05) is 13.1 Å². The van der Waals surface area contributed by atoms with Gasteiger partial charge in [-0.25, -0.2) is 0 Å². The number of halogens is 1. The standard InChI is InChI=1S/C11H14BrN5O/c1-11(10(13)18,15-5-6-16-17-14)8-3-2-4-9(12)7-8/h2-4,7,15H,5-6H2,1H3,(H2,13,18). The molecule has 3 N–H and O–H groups in total. The minimum atomic E-state index is -0.991. The normalized spacial score (nSPS) is 13.4.